The number of carbonyl (C=O) groups is 2. The van der Waals surface area contributed by atoms with E-state index in [2.05, 4.69) is 5.32 Å². The summed E-state index contributed by atoms with van der Waals surface area (Å²) >= 11 is 0. The first-order valence-electron chi connectivity index (χ1n) is 6.95. The van der Waals surface area contributed by atoms with E-state index in [4.69, 9.17) is 10.5 Å². The van der Waals surface area contributed by atoms with Gasteiger partial charge < -0.3 is 15.8 Å². The fourth-order valence-electron chi connectivity index (χ4n) is 2.56. The molecule has 1 amide bonds. The van der Waals surface area contributed by atoms with Gasteiger partial charge in [0.15, 0.2) is 5.78 Å². The van der Waals surface area contributed by atoms with Crippen LogP contribution in [-0.4, -0.2) is 49.4 Å². The normalized spacial score (nSPS) is 19.2. The summed E-state index contributed by atoms with van der Waals surface area (Å²) < 4.78 is 5.35. The van der Waals surface area contributed by atoms with Crippen LogP contribution in [0.3, 0.4) is 0 Å². The van der Waals surface area contributed by atoms with Crippen molar-refractivity contribution in [3.05, 3.63) is 29.3 Å². The highest BCUT2D eigenvalue weighted by atomic mass is 16.5. The lowest BCUT2D eigenvalue weighted by Gasteiger charge is -2.34. The quantitative estimate of drug-likeness (QED) is 0.755. The second kappa shape index (κ2) is 6.69. The first kappa shape index (κ1) is 15.5. The number of amides is 1. The van der Waals surface area contributed by atoms with E-state index in [-0.39, 0.29) is 17.7 Å². The minimum atomic E-state index is -0.344. The van der Waals surface area contributed by atoms with Gasteiger partial charge in [0.2, 0.25) is 5.91 Å². The van der Waals surface area contributed by atoms with Crippen LogP contribution in [0.25, 0.3) is 0 Å². The fraction of sp³-hybridized carbons (Fsp3) is 0.467. The van der Waals surface area contributed by atoms with Crippen LogP contribution in [0.4, 0.5) is 0 Å². The molecule has 1 aliphatic heterocycles. The van der Waals surface area contributed by atoms with Crippen LogP contribution >= 0.6 is 0 Å². The molecule has 0 aliphatic carbocycles. The van der Waals surface area contributed by atoms with Gasteiger partial charge in [0.25, 0.3) is 0 Å². The van der Waals surface area contributed by atoms with Crippen molar-refractivity contribution in [2.75, 3.05) is 26.7 Å². The number of piperazine rings is 1. The number of carbonyl (C=O) groups excluding carboxylic acids is 2. The number of ketones is 1. The number of primary amides is 1. The number of Topliss-reactive ketones (excluding diaryl/α,β-unsaturated/α-hetero) is 1. The zero-order valence-corrected chi connectivity index (χ0v) is 12.4. The predicted octanol–water partition coefficient (Wildman–Crippen LogP) is 0.157. The fourth-order valence-corrected chi connectivity index (χ4v) is 2.56. The third-order valence-corrected chi connectivity index (χ3v) is 3.74. The first-order valence-corrected chi connectivity index (χ1v) is 6.95. The third kappa shape index (κ3) is 3.59. The lowest BCUT2D eigenvalue weighted by molar-refractivity contribution is -0.124. The van der Waals surface area contributed by atoms with Crippen LogP contribution in [0, 0.1) is 0 Å². The average Bonchev–Trinajstić information content (AvgIpc) is 2.47. The molecule has 0 radical (unpaired) electrons. The Morgan fingerprint density at radius 3 is 2.86 bits per heavy atom. The number of methoxy groups -OCH3 is 1. The topological polar surface area (TPSA) is 84.7 Å². The minimum Gasteiger partial charge on any atom is -0.496 e. The van der Waals surface area contributed by atoms with Crippen molar-refractivity contribution < 1.29 is 14.3 Å². The molecule has 6 nitrogen and oxygen atoms in total. The highest BCUT2D eigenvalue weighted by Gasteiger charge is 2.27. The molecule has 1 atom stereocenters. The lowest BCUT2D eigenvalue weighted by atomic mass is 10.0. The van der Waals surface area contributed by atoms with Crippen molar-refractivity contribution >= 4 is 11.7 Å². The zero-order valence-electron chi connectivity index (χ0n) is 12.4. The van der Waals surface area contributed by atoms with Gasteiger partial charge in [0.1, 0.15) is 11.8 Å². The van der Waals surface area contributed by atoms with Crippen LogP contribution in [0.15, 0.2) is 18.2 Å². The summed E-state index contributed by atoms with van der Waals surface area (Å²) in [6.45, 7) is 4.13. The number of benzene rings is 1. The summed E-state index contributed by atoms with van der Waals surface area (Å²) in [6.07, 6.45) is 0. The van der Waals surface area contributed by atoms with Crippen LogP contribution < -0.4 is 15.8 Å². The van der Waals surface area contributed by atoms with Gasteiger partial charge in [-0.3, -0.25) is 14.5 Å². The van der Waals surface area contributed by atoms with Gasteiger partial charge in [-0.2, -0.15) is 0 Å². The molecule has 1 unspecified atom stereocenters. The van der Waals surface area contributed by atoms with Gasteiger partial charge in [0, 0.05) is 37.3 Å². The van der Waals surface area contributed by atoms with Gasteiger partial charge in [-0.25, -0.2) is 0 Å². The van der Waals surface area contributed by atoms with Gasteiger partial charge in [-0.15, -0.1) is 0 Å². The summed E-state index contributed by atoms with van der Waals surface area (Å²) in [5.41, 5.74) is 6.98. The molecule has 1 fully saturated rings. The molecule has 3 N–H and O–H groups in total. The standard InChI is InChI=1S/C15H21N3O3/c1-10(19)11-3-4-14(21-2)12(7-11)9-18-6-5-17-8-13(18)15(16)20/h3-4,7,13,17H,5-6,8-9H2,1-2H3,(H2,16,20). The molecule has 2 rings (SSSR count). The minimum absolute atomic E-state index is 0.00525. The molecule has 1 saturated heterocycles. The van der Waals surface area contributed by atoms with Gasteiger partial charge >= 0.3 is 0 Å². The predicted molar refractivity (Wildman–Crippen MR) is 79.3 cm³/mol. The van der Waals surface area contributed by atoms with E-state index >= 15 is 0 Å². The Hall–Kier alpha value is -1.92. The smallest absolute Gasteiger partial charge is 0.236 e. The van der Waals surface area contributed by atoms with E-state index in [1.54, 1.807) is 19.2 Å². The van der Waals surface area contributed by atoms with Gasteiger partial charge in [-0.05, 0) is 25.1 Å². The maximum absolute atomic E-state index is 11.5. The van der Waals surface area contributed by atoms with E-state index in [1.807, 2.05) is 11.0 Å². The highest BCUT2D eigenvalue weighted by molar-refractivity contribution is 5.94. The van der Waals surface area contributed by atoms with E-state index in [0.29, 0.717) is 24.4 Å². The van der Waals surface area contributed by atoms with E-state index < -0.39 is 0 Å². The number of nitrogens with zero attached hydrogens (tertiary/aromatic N) is 1. The van der Waals surface area contributed by atoms with Crippen molar-refractivity contribution in [2.24, 2.45) is 5.73 Å². The van der Waals surface area contributed by atoms with Gasteiger partial charge in [0.05, 0.1) is 7.11 Å². The molecule has 0 aromatic heterocycles. The Morgan fingerprint density at radius 1 is 1.48 bits per heavy atom. The molecule has 1 aromatic rings. The van der Waals surface area contributed by atoms with Crippen LogP contribution in [0.5, 0.6) is 5.75 Å². The molecule has 21 heavy (non-hydrogen) atoms. The van der Waals surface area contributed by atoms with E-state index in [1.165, 1.54) is 6.92 Å². The largest absolute Gasteiger partial charge is 0.496 e. The maximum atomic E-state index is 11.5. The summed E-state index contributed by atoms with van der Waals surface area (Å²) in [7, 11) is 1.59. The number of rotatable bonds is 5. The number of hydrogen-bond donors (Lipinski definition) is 2. The van der Waals surface area contributed by atoms with Crippen LogP contribution in [-0.2, 0) is 11.3 Å². The molecular weight excluding hydrogens is 270 g/mol. The number of nitrogens with two attached hydrogens (primary N) is 1. The Bertz CT molecular complexity index is 545. The van der Waals surface area contributed by atoms with Gasteiger partial charge in [-0.1, -0.05) is 0 Å². The second-order valence-electron chi connectivity index (χ2n) is 5.18. The third-order valence-electron chi connectivity index (χ3n) is 3.74. The summed E-state index contributed by atoms with van der Waals surface area (Å²) in [5.74, 6) is 0.372. The van der Waals surface area contributed by atoms with Crippen molar-refractivity contribution in [2.45, 2.75) is 19.5 Å². The number of hydrogen-bond acceptors (Lipinski definition) is 5. The summed E-state index contributed by atoms with van der Waals surface area (Å²) in [4.78, 5) is 25.1. The Balaban J connectivity index is 2.25. The van der Waals surface area contributed by atoms with Crippen LogP contribution in [0.2, 0.25) is 0 Å². The summed E-state index contributed by atoms with van der Waals surface area (Å²) in [6, 6.07) is 5.01. The Labute approximate surface area is 124 Å². The maximum Gasteiger partial charge on any atom is 0.236 e. The molecule has 1 heterocycles. The zero-order chi connectivity index (χ0) is 15.4. The Morgan fingerprint density at radius 2 is 2.24 bits per heavy atom. The Kier molecular flexibility index (Phi) is 4.93. The van der Waals surface area contributed by atoms with Crippen LogP contribution in [0.1, 0.15) is 22.8 Å². The molecule has 0 spiro atoms. The van der Waals surface area contributed by atoms with Crippen molar-refractivity contribution in [3.8, 4) is 5.75 Å². The highest BCUT2D eigenvalue weighted by Crippen LogP contribution is 2.23. The van der Waals surface area contributed by atoms with Crippen molar-refractivity contribution in [3.63, 3.8) is 0 Å². The molecule has 0 bridgehead atoms. The first-order chi connectivity index (χ1) is 10.0. The summed E-state index contributed by atoms with van der Waals surface area (Å²) in [5, 5.41) is 3.16. The molecular formula is C15H21N3O3. The molecule has 6 heteroatoms. The lowest BCUT2D eigenvalue weighted by Crippen LogP contribution is -2.56. The van der Waals surface area contributed by atoms with E-state index in [9.17, 15) is 9.59 Å². The number of ether oxygens (including phenoxy) is 1. The molecule has 114 valence electrons. The second-order valence-corrected chi connectivity index (χ2v) is 5.18. The number of nitrogens with one attached hydrogen (secondary N) is 1. The van der Waals surface area contributed by atoms with Crippen molar-refractivity contribution in [1.82, 2.24) is 10.2 Å². The molecule has 1 aromatic carbocycles. The van der Waals surface area contributed by atoms with Crippen molar-refractivity contribution in [1.29, 1.82) is 0 Å². The average molecular weight is 291 g/mol. The SMILES string of the molecule is COc1ccc(C(C)=O)cc1CN1CCNCC1C(N)=O. The molecule has 1 aliphatic rings. The monoisotopic (exact) mass is 291 g/mol. The molecule has 0 saturated carbocycles. The van der Waals surface area contributed by atoms with E-state index in [0.717, 1.165) is 18.7 Å².